The van der Waals surface area contributed by atoms with Gasteiger partial charge in [0.05, 0.1) is 54.7 Å². The highest BCUT2D eigenvalue weighted by Crippen LogP contribution is 2.33. The lowest BCUT2D eigenvalue weighted by Crippen LogP contribution is -3.06. The predicted octanol–water partition coefficient (Wildman–Crippen LogP) is 2.71. The Morgan fingerprint density at radius 1 is 1.07 bits per heavy atom. The Balaban J connectivity index is 1.72. The van der Waals surface area contributed by atoms with Crippen LogP contribution in [0.1, 0.15) is 9.80 Å². The molecule has 0 fully saturated rings. The minimum Gasteiger partial charge on any atom is -0.497 e. The van der Waals surface area contributed by atoms with E-state index in [1.165, 1.54) is 27.6 Å². The van der Waals surface area contributed by atoms with Gasteiger partial charge in [0.1, 0.15) is 5.75 Å². The summed E-state index contributed by atoms with van der Waals surface area (Å²) >= 11 is 2.92. The van der Waals surface area contributed by atoms with Crippen LogP contribution in [-0.4, -0.2) is 50.2 Å². The second-order valence-electron chi connectivity index (χ2n) is 6.73. The summed E-state index contributed by atoms with van der Waals surface area (Å²) in [5, 5.41) is 1.18. The van der Waals surface area contributed by atoms with Crippen LogP contribution in [0.15, 0.2) is 42.5 Å². The van der Waals surface area contributed by atoms with Crippen LogP contribution in [0.5, 0.6) is 5.75 Å². The zero-order valence-corrected chi connectivity index (χ0v) is 17.6. The Labute approximate surface area is 171 Å². The molecule has 6 nitrogen and oxygen atoms in total. The molecular weight excluding hydrogens is 392 g/mol. The lowest BCUT2D eigenvalue weighted by Gasteiger charge is -2.19. The topological polar surface area (TPSA) is 59.8 Å². The standard InChI is InChI=1S/C20H20N4O2S2/c1-23(2)10-11-24(19(25)18-21-14-6-4-5-7-16(14)27-18)20-22-15-9-8-13(26-3)12-17(15)28-20/h4-9,12H,10-11H2,1-3H3/p+1. The number of aromatic nitrogens is 2. The first-order chi connectivity index (χ1) is 13.5. The van der Waals surface area contributed by atoms with Crippen molar-refractivity contribution in [1.82, 2.24) is 9.97 Å². The van der Waals surface area contributed by atoms with Crippen molar-refractivity contribution >= 4 is 54.1 Å². The minimum absolute atomic E-state index is 0.103. The molecule has 0 saturated heterocycles. The third-order valence-corrected chi connectivity index (χ3v) is 6.44. The molecule has 0 bridgehead atoms. The second-order valence-corrected chi connectivity index (χ2v) is 8.77. The molecule has 1 N–H and O–H groups in total. The first-order valence-electron chi connectivity index (χ1n) is 8.96. The van der Waals surface area contributed by atoms with E-state index in [1.807, 2.05) is 42.5 Å². The highest BCUT2D eigenvalue weighted by molar-refractivity contribution is 7.23. The number of rotatable bonds is 6. The fourth-order valence-corrected chi connectivity index (χ4v) is 4.77. The van der Waals surface area contributed by atoms with E-state index < -0.39 is 0 Å². The van der Waals surface area contributed by atoms with Crippen molar-refractivity contribution in [2.75, 3.05) is 39.2 Å². The summed E-state index contributed by atoms with van der Waals surface area (Å²) in [4.78, 5) is 25.6. The summed E-state index contributed by atoms with van der Waals surface area (Å²) in [6.07, 6.45) is 0. The van der Waals surface area contributed by atoms with Crippen LogP contribution in [-0.2, 0) is 0 Å². The molecular formula is C20H21N4O2S2+. The van der Waals surface area contributed by atoms with Crippen molar-refractivity contribution < 1.29 is 14.4 Å². The van der Waals surface area contributed by atoms with Crippen LogP contribution in [0.4, 0.5) is 5.13 Å². The van der Waals surface area contributed by atoms with Crippen molar-refractivity contribution in [3.8, 4) is 5.75 Å². The number of para-hydroxylation sites is 1. The van der Waals surface area contributed by atoms with Crippen molar-refractivity contribution in [2.24, 2.45) is 0 Å². The number of nitrogens with one attached hydrogen (secondary N) is 1. The Morgan fingerprint density at radius 3 is 2.61 bits per heavy atom. The van der Waals surface area contributed by atoms with E-state index in [-0.39, 0.29) is 5.91 Å². The third-order valence-electron chi connectivity index (χ3n) is 4.37. The number of benzene rings is 2. The summed E-state index contributed by atoms with van der Waals surface area (Å²) in [6, 6.07) is 13.6. The number of fused-ring (bicyclic) bond motifs is 2. The molecule has 2 heterocycles. The van der Waals surface area contributed by atoms with E-state index in [0.717, 1.165) is 32.7 Å². The van der Waals surface area contributed by atoms with Gasteiger partial charge in [-0.15, -0.1) is 11.3 Å². The lowest BCUT2D eigenvalue weighted by molar-refractivity contribution is -0.856. The van der Waals surface area contributed by atoms with Crippen molar-refractivity contribution in [3.05, 3.63) is 47.5 Å². The Hall–Kier alpha value is -2.55. The van der Waals surface area contributed by atoms with Gasteiger partial charge < -0.3 is 9.64 Å². The van der Waals surface area contributed by atoms with Crippen molar-refractivity contribution in [2.45, 2.75) is 0 Å². The first kappa shape index (κ1) is 18.8. The number of anilines is 1. The van der Waals surface area contributed by atoms with Crippen molar-refractivity contribution in [3.63, 3.8) is 0 Å². The minimum atomic E-state index is -0.103. The molecule has 0 atom stereocenters. The van der Waals surface area contributed by atoms with E-state index in [2.05, 4.69) is 19.1 Å². The average molecular weight is 414 g/mol. The maximum Gasteiger partial charge on any atom is 0.289 e. The summed E-state index contributed by atoms with van der Waals surface area (Å²) in [7, 11) is 5.79. The number of hydrogen-bond donors (Lipinski definition) is 1. The molecule has 28 heavy (non-hydrogen) atoms. The Bertz CT molecular complexity index is 1100. The number of thiazole rings is 2. The van der Waals surface area contributed by atoms with Gasteiger partial charge in [0.15, 0.2) is 10.1 Å². The van der Waals surface area contributed by atoms with Gasteiger partial charge in [0.25, 0.3) is 5.91 Å². The number of quaternary nitrogens is 1. The molecule has 0 saturated carbocycles. The number of likely N-dealkylation sites (N-methyl/N-ethyl adjacent to an activating group) is 1. The largest absolute Gasteiger partial charge is 0.497 e. The zero-order valence-electron chi connectivity index (χ0n) is 15.9. The summed E-state index contributed by atoms with van der Waals surface area (Å²) < 4.78 is 7.31. The molecule has 0 aliphatic rings. The predicted molar refractivity (Wildman–Crippen MR) is 115 cm³/mol. The van der Waals surface area contributed by atoms with Crippen LogP contribution in [0.3, 0.4) is 0 Å². The van der Waals surface area contributed by atoms with E-state index in [4.69, 9.17) is 9.72 Å². The average Bonchev–Trinajstić information content (AvgIpc) is 3.31. The first-order valence-corrected chi connectivity index (χ1v) is 10.6. The number of ether oxygens (including phenoxy) is 1. The van der Waals surface area contributed by atoms with Gasteiger partial charge in [-0.25, -0.2) is 9.97 Å². The molecule has 4 rings (SSSR count). The number of methoxy groups -OCH3 is 1. The molecule has 0 aliphatic heterocycles. The third kappa shape index (κ3) is 3.71. The number of carbonyl (C=O) groups excluding carboxylic acids is 1. The van der Waals surface area contributed by atoms with Crippen molar-refractivity contribution in [1.29, 1.82) is 0 Å². The van der Waals surface area contributed by atoms with E-state index in [1.54, 1.807) is 12.0 Å². The number of hydrogen-bond acceptors (Lipinski definition) is 6. The zero-order chi connectivity index (χ0) is 19.7. The summed E-state index contributed by atoms with van der Waals surface area (Å²) in [6.45, 7) is 1.39. The van der Waals surface area contributed by atoms with E-state index >= 15 is 0 Å². The maximum atomic E-state index is 13.3. The quantitative estimate of drug-likeness (QED) is 0.528. The summed E-state index contributed by atoms with van der Waals surface area (Å²) in [5.41, 5.74) is 1.71. The Kier molecular flexibility index (Phi) is 5.25. The van der Waals surface area contributed by atoms with Crippen LogP contribution in [0.25, 0.3) is 20.4 Å². The fourth-order valence-electron chi connectivity index (χ4n) is 2.83. The molecule has 144 valence electrons. The van der Waals surface area contributed by atoms with Crippen LogP contribution < -0.4 is 14.5 Å². The van der Waals surface area contributed by atoms with Crippen LogP contribution in [0, 0.1) is 0 Å². The molecule has 2 aromatic heterocycles. The number of amides is 1. The smallest absolute Gasteiger partial charge is 0.289 e. The molecule has 0 radical (unpaired) electrons. The van der Waals surface area contributed by atoms with Gasteiger partial charge in [0.2, 0.25) is 0 Å². The molecule has 2 aromatic carbocycles. The van der Waals surface area contributed by atoms with E-state index in [9.17, 15) is 4.79 Å². The van der Waals surface area contributed by atoms with Gasteiger partial charge in [-0.3, -0.25) is 9.69 Å². The van der Waals surface area contributed by atoms with Gasteiger partial charge >= 0.3 is 0 Å². The molecule has 4 aromatic rings. The highest BCUT2D eigenvalue weighted by Gasteiger charge is 2.25. The summed E-state index contributed by atoms with van der Waals surface area (Å²) in [5.74, 6) is 0.679. The lowest BCUT2D eigenvalue weighted by atomic mass is 10.3. The number of nitrogens with zero attached hydrogens (tertiary/aromatic N) is 3. The fraction of sp³-hybridized carbons (Fsp3) is 0.250. The molecule has 1 amide bonds. The van der Waals surface area contributed by atoms with Crippen LogP contribution >= 0.6 is 22.7 Å². The maximum absolute atomic E-state index is 13.3. The number of carbonyl (C=O) groups is 1. The molecule has 0 unspecified atom stereocenters. The van der Waals surface area contributed by atoms with Gasteiger partial charge in [-0.1, -0.05) is 23.5 Å². The molecule has 0 spiro atoms. The van der Waals surface area contributed by atoms with Gasteiger partial charge in [0, 0.05) is 0 Å². The highest BCUT2D eigenvalue weighted by atomic mass is 32.1. The van der Waals surface area contributed by atoms with Crippen LogP contribution in [0.2, 0.25) is 0 Å². The monoisotopic (exact) mass is 413 g/mol. The van der Waals surface area contributed by atoms with Gasteiger partial charge in [-0.05, 0) is 30.3 Å². The Morgan fingerprint density at radius 2 is 1.86 bits per heavy atom. The molecule has 8 heteroatoms. The SMILES string of the molecule is COc1ccc2nc(N(CC[NH+](C)C)C(=O)c3nc4ccccc4s3)sc2c1. The normalized spacial score (nSPS) is 11.4. The van der Waals surface area contributed by atoms with E-state index in [0.29, 0.717) is 16.7 Å². The van der Waals surface area contributed by atoms with Gasteiger partial charge in [-0.2, -0.15) is 0 Å². The second kappa shape index (κ2) is 7.83. The molecule has 0 aliphatic carbocycles.